The van der Waals surface area contributed by atoms with E-state index in [-0.39, 0.29) is 12.5 Å². The molecule has 0 spiro atoms. The maximum atomic E-state index is 12.5. The summed E-state index contributed by atoms with van der Waals surface area (Å²) in [5.74, 6) is 0.636. The van der Waals surface area contributed by atoms with Gasteiger partial charge in [0.1, 0.15) is 5.75 Å². The molecule has 1 aliphatic heterocycles. The van der Waals surface area contributed by atoms with Gasteiger partial charge in [0.25, 0.3) is 5.91 Å². The molecule has 1 amide bonds. The van der Waals surface area contributed by atoms with Gasteiger partial charge in [-0.25, -0.2) is 0 Å². The highest BCUT2D eigenvalue weighted by Gasteiger charge is 2.24. The Morgan fingerprint density at radius 3 is 2.84 bits per heavy atom. The van der Waals surface area contributed by atoms with Gasteiger partial charge < -0.3 is 14.6 Å². The molecule has 0 aliphatic carbocycles. The van der Waals surface area contributed by atoms with Gasteiger partial charge in [0.2, 0.25) is 0 Å². The first-order valence-electron chi connectivity index (χ1n) is 8.06. The van der Waals surface area contributed by atoms with Crippen molar-refractivity contribution in [2.75, 3.05) is 13.2 Å². The fourth-order valence-corrected chi connectivity index (χ4v) is 3.77. The van der Waals surface area contributed by atoms with Crippen molar-refractivity contribution in [3.63, 3.8) is 0 Å². The minimum absolute atomic E-state index is 0.00931. The summed E-state index contributed by atoms with van der Waals surface area (Å²) in [6.07, 6.45) is 0.823. The van der Waals surface area contributed by atoms with Gasteiger partial charge in [-0.1, -0.05) is 23.7 Å². The lowest BCUT2D eigenvalue weighted by Gasteiger charge is -2.27. The monoisotopic (exact) mass is 418 g/mol. The van der Waals surface area contributed by atoms with Gasteiger partial charge in [0.15, 0.2) is 6.61 Å². The number of amides is 1. The highest BCUT2D eigenvalue weighted by atomic mass is 79.9. The first-order valence-corrected chi connectivity index (χ1v) is 9.23. The molecule has 4 nitrogen and oxygen atoms in total. The summed E-state index contributed by atoms with van der Waals surface area (Å²) >= 11 is 9.44. The van der Waals surface area contributed by atoms with Gasteiger partial charge in [0, 0.05) is 45.6 Å². The molecule has 128 valence electrons. The number of rotatable bonds is 3. The van der Waals surface area contributed by atoms with Crippen LogP contribution in [0.3, 0.4) is 0 Å². The number of hydrogen-bond acceptors (Lipinski definition) is 2. The van der Waals surface area contributed by atoms with Crippen LogP contribution >= 0.6 is 27.5 Å². The lowest BCUT2D eigenvalue weighted by atomic mass is 10.0. The van der Waals surface area contributed by atoms with Gasteiger partial charge in [-0.05, 0) is 46.3 Å². The van der Waals surface area contributed by atoms with E-state index in [1.807, 2.05) is 17.0 Å². The van der Waals surface area contributed by atoms with Crippen molar-refractivity contribution in [2.45, 2.75) is 13.0 Å². The van der Waals surface area contributed by atoms with Gasteiger partial charge in [-0.3, -0.25) is 4.79 Å². The lowest BCUT2D eigenvalue weighted by Crippen LogP contribution is -2.38. The molecule has 0 bridgehead atoms. The summed E-state index contributed by atoms with van der Waals surface area (Å²) in [6, 6.07) is 13.2. The van der Waals surface area contributed by atoms with E-state index in [0.29, 0.717) is 23.9 Å². The highest BCUT2D eigenvalue weighted by molar-refractivity contribution is 9.10. The summed E-state index contributed by atoms with van der Waals surface area (Å²) < 4.78 is 6.63. The minimum Gasteiger partial charge on any atom is -0.484 e. The smallest absolute Gasteiger partial charge is 0.260 e. The topological polar surface area (TPSA) is 45.3 Å². The summed E-state index contributed by atoms with van der Waals surface area (Å²) in [4.78, 5) is 17.9. The van der Waals surface area contributed by atoms with Crippen LogP contribution in [0.2, 0.25) is 5.02 Å². The number of carbonyl (C=O) groups is 1. The van der Waals surface area contributed by atoms with Crippen LogP contribution in [0.4, 0.5) is 0 Å². The Bertz CT molecular complexity index is 936. The van der Waals surface area contributed by atoms with Crippen LogP contribution in [-0.4, -0.2) is 28.9 Å². The Kier molecular flexibility index (Phi) is 4.44. The molecule has 0 unspecified atom stereocenters. The first-order chi connectivity index (χ1) is 12.1. The van der Waals surface area contributed by atoms with Gasteiger partial charge in [0.05, 0.1) is 5.52 Å². The minimum atomic E-state index is -0.00931. The second kappa shape index (κ2) is 6.73. The standard InChI is InChI=1S/C19H16BrClN2O2/c20-16-3-1-2-14-15-10-23(9-8-17(15)22-19(14)16)18(24)11-25-13-6-4-12(21)5-7-13/h1-7,22H,8-11H2. The quantitative estimate of drug-likeness (QED) is 0.677. The normalized spacial score (nSPS) is 13.8. The van der Waals surface area contributed by atoms with Crippen molar-refractivity contribution < 1.29 is 9.53 Å². The Morgan fingerprint density at radius 2 is 2.04 bits per heavy atom. The van der Waals surface area contributed by atoms with Crippen molar-refractivity contribution in [3.05, 3.63) is 63.2 Å². The summed E-state index contributed by atoms with van der Waals surface area (Å²) in [5, 5.41) is 1.81. The molecule has 2 aromatic carbocycles. The molecule has 0 radical (unpaired) electrons. The second-order valence-electron chi connectivity index (χ2n) is 6.05. The van der Waals surface area contributed by atoms with E-state index in [0.717, 1.165) is 16.4 Å². The number of hydrogen-bond donors (Lipinski definition) is 1. The molecule has 0 atom stereocenters. The third kappa shape index (κ3) is 3.26. The van der Waals surface area contributed by atoms with E-state index in [9.17, 15) is 4.79 Å². The van der Waals surface area contributed by atoms with Gasteiger partial charge >= 0.3 is 0 Å². The molecule has 6 heteroatoms. The van der Waals surface area contributed by atoms with E-state index in [4.69, 9.17) is 16.3 Å². The molecular weight excluding hydrogens is 404 g/mol. The van der Waals surface area contributed by atoms with Crippen LogP contribution in [-0.2, 0) is 17.8 Å². The van der Waals surface area contributed by atoms with E-state index < -0.39 is 0 Å². The van der Waals surface area contributed by atoms with Crippen LogP contribution in [0.1, 0.15) is 11.3 Å². The Labute approximate surface area is 158 Å². The van der Waals surface area contributed by atoms with E-state index >= 15 is 0 Å². The predicted octanol–water partition coefficient (Wildman–Crippen LogP) is 4.55. The van der Waals surface area contributed by atoms with Crippen LogP contribution in [0.25, 0.3) is 10.9 Å². The molecule has 1 aliphatic rings. The Hall–Kier alpha value is -1.98. The van der Waals surface area contributed by atoms with Crippen LogP contribution in [0, 0.1) is 0 Å². The van der Waals surface area contributed by atoms with E-state index in [2.05, 4.69) is 27.0 Å². The van der Waals surface area contributed by atoms with Crippen molar-refractivity contribution in [2.24, 2.45) is 0 Å². The Morgan fingerprint density at radius 1 is 1.24 bits per heavy atom. The maximum absolute atomic E-state index is 12.5. The largest absolute Gasteiger partial charge is 0.484 e. The van der Waals surface area contributed by atoms with Crippen LogP contribution < -0.4 is 4.74 Å². The fraction of sp³-hybridized carbons (Fsp3) is 0.211. The number of nitrogens with one attached hydrogen (secondary N) is 1. The molecule has 1 N–H and O–H groups in total. The Balaban J connectivity index is 1.48. The zero-order chi connectivity index (χ0) is 17.4. The lowest BCUT2D eigenvalue weighted by molar-refractivity contribution is -0.134. The summed E-state index contributed by atoms with van der Waals surface area (Å²) in [5.41, 5.74) is 3.51. The number of halogens is 2. The van der Waals surface area contributed by atoms with Crippen molar-refractivity contribution in [3.8, 4) is 5.75 Å². The third-order valence-corrected chi connectivity index (χ3v) is 5.40. The van der Waals surface area contributed by atoms with Crippen molar-refractivity contribution >= 4 is 44.3 Å². The number of para-hydroxylation sites is 1. The molecule has 0 saturated heterocycles. The van der Waals surface area contributed by atoms with Gasteiger partial charge in [-0.15, -0.1) is 0 Å². The number of aromatic amines is 1. The number of ether oxygens (including phenoxy) is 1. The summed E-state index contributed by atoms with van der Waals surface area (Å²) in [6.45, 7) is 1.33. The summed E-state index contributed by atoms with van der Waals surface area (Å²) in [7, 11) is 0. The predicted molar refractivity (Wildman–Crippen MR) is 102 cm³/mol. The fourth-order valence-electron chi connectivity index (χ4n) is 3.18. The first kappa shape index (κ1) is 16.5. The molecule has 3 aromatic rings. The number of carbonyl (C=O) groups excluding carboxylic acids is 1. The maximum Gasteiger partial charge on any atom is 0.260 e. The molecule has 0 fully saturated rings. The number of fused-ring (bicyclic) bond motifs is 3. The average molecular weight is 420 g/mol. The molecular formula is C19H16BrClN2O2. The number of nitrogens with zero attached hydrogens (tertiary/aromatic N) is 1. The zero-order valence-electron chi connectivity index (χ0n) is 13.4. The number of H-pyrrole nitrogens is 1. The van der Waals surface area contributed by atoms with Crippen LogP contribution in [0.15, 0.2) is 46.9 Å². The number of benzene rings is 2. The average Bonchev–Trinajstić information content (AvgIpc) is 3.00. The van der Waals surface area contributed by atoms with Crippen LogP contribution in [0.5, 0.6) is 5.75 Å². The molecule has 4 rings (SSSR count). The van der Waals surface area contributed by atoms with Gasteiger partial charge in [-0.2, -0.15) is 0 Å². The highest BCUT2D eigenvalue weighted by Crippen LogP contribution is 2.31. The SMILES string of the molecule is O=C(COc1ccc(Cl)cc1)N1CCc2[nH]c3c(Br)cccc3c2C1. The van der Waals surface area contributed by atoms with E-state index in [1.165, 1.54) is 16.6 Å². The number of aromatic nitrogens is 1. The zero-order valence-corrected chi connectivity index (χ0v) is 15.7. The van der Waals surface area contributed by atoms with Crippen molar-refractivity contribution in [1.82, 2.24) is 9.88 Å². The molecule has 25 heavy (non-hydrogen) atoms. The van der Waals surface area contributed by atoms with Crippen molar-refractivity contribution in [1.29, 1.82) is 0 Å². The second-order valence-corrected chi connectivity index (χ2v) is 7.34. The molecule has 2 heterocycles. The molecule has 1 aromatic heterocycles. The third-order valence-electron chi connectivity index (χ3n) is 4.49. The molecule has 0 saturated carbocycles. The van der Waals surface area contributed by atoms with E-state index in [1.54, 1.807) is 24.3 Å².